The summed E-state index contributed by atoms with van der Waals surface area (Å²) in [6, 6.07) is 3.47. The van der Waals surface area contributed by atoms with Gasteiger partial charge < -0.3 is 35.1 Å². The van der Waals surface area contributed by atoms with Gasteiger partial charge in [0, 0.05) is 24.9 Å². The Labute approximate surface area is 165 Å². The standard InChI is InChI=1S/C19H30N2O7/c1-19(2,11-22)17(24)18(25)20-7-6-15(23)21-10-12-8-13(26-3)16(28-5)14(9-12)27-4/h8-9,17,22,24H,6-7,10-11H2,1-5H3,(H,20,25)(H,21,23)/t17-/m0/s1. The van der Waals surface area contributed by atoms with Crippen molar-refractivity contribution < 1.29 is 34.0 Å². The third-order valence-electron chi connectivity index (χ3n) is 4.26. The summed E-state index contributed by atoms with van der Waals surface area (Å²) in [5, 5.41) is 24.3. The van der Waals surface area contributed by atoms with E-state index >= 15 is 0 Å². The van der Waals surface area contributed by atoms with Crippen LogP contribution >= 0.6 is 0 Å². The molecule has 0 saturated carbocycles. The Kier molecular flexibility index (Phi) is 9.01. The summed E-state index contributed by atoms with van der Waals surface area (Å²) >= 11 is 0. The van der Waals surface area contributed by atoms with E-state index in [0.29, 0.717) is 17.2 Å². The second-order valence-corrected chi connectivity index (χ2v) is 6.90. The van der Waals surface area contributed by atoms with Crippen LogP contribution in [0, 0.1) is 5.41 Å². The van der Waals surface area contributed by atoms with Crippen molar-refractivity contribution in [3.8, 4) is 17.2 Å². The van der Waals surface area contributed by atoms with Gasteiger partial charge in [-0.05, 0) is 17.7 Å². The lowest BCUT2D eigenvalue weighted by Gasteiger charge is -2.27. The van der Waals surface area contributed by atoms with Crippen molar-refractivity contribution in [1.29, 1.82) is 0 Å². The van der Waals surface area contributed by atoms with Crippen LogP contribution in [-0.4, -0.2) is 62.6 Å². The number of methoxy groups -OCH3 is 3. The van der Waals surface area contributed by atoms with Crippen molar-refractivity contribution in [2.24, 2.45) is 5.41 Å². The molecule has 0 unspecified atom stereocenters. The number of aliphatic hydroxyl groups is 2. The van der Waals surface area contributed by atoms with Crippen LogP contribution in [0.3, 0.4) is 0 Å². The summed E-state index contributed by atoms with van der Waals surface area (Å²) in [5.74, 6) is 0.534. The van der Waals surface area contributed by atoms with Crippen LogP contribution in [0.2, 0.25) is 0 Å². The zero-order chi connectivity index (χ0) is 21.3. The number of benzene rings is 1. The molecule has 0 saturated heterocycles. The second kappa shape index (κ2) is 10.7. The molecule has 0 aliphatic rings. The van der Waals surface area contributed by atoms with Gasteiger partial charge in [0.15, 0.2) is 11.5 Å². The molecule has 28 heavy (non-hydrogen) atoms. The van der Waals surface area contributed by atoms with Crippen LogP contribution in [0.25, 0.3) is 0 Å². The highest BCUT2D eigenvalue weighted by atomic mass is 16.5. The maximum Gasteiger partial charge on any atom is 0.249 e. The molecule has 4 N–H and O–H groups in total. The largest absolute Gasteiger partial charge is 0.493 e. The summed E-state index contributed by atoms with van der Waals surface area (Å²) in [7, 11) is 4.53. The fourth-order valence-electron chi connectivity index (χ4n) is 2.36. The van der Waals surface area contributed by atoms with Crippen LogP contribution in [0.5, 0.6) is 17.2 Å². The zero-order valence-corrected chi connectivity index (χ0v) is 17.0. The first-order valence-electron chi connectivity index (χ1n) is 8.82. The fraction of sp³-hybridized carbons (Fsp3) is 0.579. The Balaban J connectivity index is 2.54. The number of carbonyl (C=O) groups excluding carboxylic acids is 2. The number of rotatable bonds is 11. The van der Waals surface area contributed by atoms with Crippen molar-refractivity contribution >= 4 is 11.8 Å². The first-order chi connectivity index (χ1) is 13.2. The predicted octanol–water partition coefficient (Wildman–Crippen LogP) is 0.214. The monoisotopic (exact) mass is 398 g/mol. The quantitative estimate of drug-likeness (QED) is 0.420. The third-order valence-corrected chi connectivity index (χ3v) is 4.26. The Bertz CT molecular complexity index is 651. The molecule has 0 radical (unpaired) electrons. The Hall–Kier alpha value is -2.52. The van der Waals surface area contributed by atoms with Crippen molar-refractivity contribution in [3.05, 3.63) is 17.7 Å². The highest BCUT2D eigenvalue weighted by Crippen LogP contribution is 2.38. The zero-order valence-electron chi connectivity index (χ0n) is 17.0. The molecule has 1 atom stereocenters. The molecule has 2 amide bonds. The van der Waals surface area contributed by atoms with Crippen molar-refractivity contribution in [1.82, 2.24) is 10.6 Å². The Morgan fingerprint density at radius 1 is 1.07 bits per heavy atom. The topological polar surface area (TPSA) is 126 Å². The predicted molar refractivity (Wildman–Crippen MR) is 102 cm³/mol. The average molecular weight is 398 g/mol. The molecular formula is C19H30N2O7. The van der Waals surface area contributed by atoms with Crippen LogP contribution in [-0.2, 0) is 16.1 Å². The summed E-state index contributed by atoms with van der Waals surface area (Å²) in [5.41, 5.74) is -0.203. The van der Waals surface area contributed by atoms with Gasteiger partial charge in [0.2, 0.25) is 17.6 Å². The number of hydrogen-bond acceptors (Lipinski definition) is 7. The van der Waals surface area contributed by atoms with Crippen LogP contribution < -0.4 is 24.8 Å². The molecule has 9 heteroatoms. The van der Waals surface area contributed by atoms with E-state index in [0.717, 1.165) is 5.56 Å². The smallest absolute Gasteiger partial charge is 0.249 e. The number of amides is 2. The molecule has 1 rings (SSSR count). The van der Waals surface area contributed by atoms with Gasteiger partial charge in [-0.15, -0.1) is 0 Å². The Morgan fingerprint density at radius 3 is 2.11 bits per heavy atom. The Morgan fingerprint density at radius 2 is 1.64 bits per heavy atom. The molecule has 0 aliphatic carbocycles. The van der Waals surface area contributed by atoms with E-state index in [-0.39, 0.29) is 32.0 Å². The van der Waals surface area contributed by atoms with Gasteiger partial charge >= 0.3 is 0 Å². The van der Waals surface area contributed by atoms with Gasteiger partial charge in [-0.2, -0.15) is 0 Å². The van der Waals surface area contributed by atoms with Crippen molar-refractivity contribution in [2.45, 2.75) is 32.9 Å². The number of ether oxygens (including phenoxy) is 3. The lowest BCUT2D eigenvalue weighted by Crippen LogP contribution is -2.46. The third kappa shape index (κ3) is 6.28. The lowest BCUT2D eigenvalue weighted by molar-refractivity contribution is -0.137. The molecule has 1 aromatic rings. The second-order valence-electron chi connectivity index (χ2n) is 6.90. The van der Waals surface area contributed by atoms with E-state index in [4.69, 9.17) is 14.2 Å². The minimum atomic E-state index is -1.36. The number of aliphatic hydroxyl groups excluding tert-OH is 2. The first kappa shape index (κ1) is 23.5. The minimum absolute atomic E-state index is 0.0441. The molecule has 0 fully saturated rings. The summed E-state index contributed by atoms with van der Waals surface area (Å²) in [6.45, 7) is 3.11. The maximum absolute atomic E-state index is 12.0. The molecule has 0 bridgehead atoms. The van der Waals surface area contributed by atoms with E-state index in [9.17, 15) is 19.8 Å². The van der Waals surface area contributed by atoms with E-state index in [1.54, 1.807) is 26.0 Å². The van der Waals surface area contributed by atoms with E-state index in [1.807, 2.05) is 0 Å². The first-order valence-corrected chi connectivity index (χ1v) is 8.82. The summed E-state index contributed by atoms with van der Waals surface area (Å²) in [6.07, 6.45) is -1.32. The highest BCUT2D eigenvalue weighted by molar-refractivity contribution is 5.82. The van der Waals surface area contributed by atoms with Crippen molar-refractivity contribution in [3.63, 3.8) is 0 Å². The van der Waals surface area contributed by atoms with Crippen LogP contribution in [0.4, 0.5) is 0 Å². The molecule has 0 aromatic heterocycles. The molecule has 158 valence electrons. The SMILES string of the molecule is COc1cc(CNC(=O)CCNC(=O)[C@H](O)C(C)(C)CO)cc(OC)c1OC. The maximum atomic E-state index is 12.0. The normalized spacial score (nSPS) is 12.1. The molecule has 0 heterocycles. The van der Waals surface area contributed by atoms with E-state index in [2.05, 4.69) is 10.6 Å². The van der Waals surface area contributed by atoms with Crippen molar-refractivity contribution in [2.75, 3.05) is 34.5 Å². The number of hydrogen-bond donors (Lipinski definition) is 4. The highest BCUT2D eigenvalue weighted by Gasteiger charge is 2.32. The molecule has 9 nitrogen and oxygen atoms in total. The van der Waals surface area contributed by atoms with Crippen LogP contribution in [0.15, 0.2) is 12.1 Å². The average Bonchev–Trinajstić information content (AvgIpc) is 2.70. The van der Waals surface area contributed by atoms with Gasteiger partial charge in [-0.1, -0.05) is 13.8 Å². The molecule has 0 aliphatic heterocycles. The molecular weight excluding hydrogens is 368 g/mol. The number of carbonyl (C=O) groups is 2. The van der Waals surface area contributed by atoms with Gasteiger partial charge in [0.05, 0.1) is 27.9 Å². The molecule has 1 aromatic carbocycles. The van der Waals surface area contributed by atoms with E-state index < -0.39 is 17.4 Å². The van der Waals surface area contributed by atoms with Gasteiger partial charge in [-0.25, -0.2) is 0 Å². The number of nitrogens with one attached hydrogen (secondary N) is 2. The lowest BCUT2D eigenvalue weighted by atomic mass is 9.87. The fourth-order valence-corrected chi connectivity index (χ4v) is 2.36. The molecule has 0 spiro atoms. The summed E-state index contributed by atoms with van der Waals surface area (Å²) in [4.78, 5) is 23.9. The van der Waals surface area contributed by atoms with Crippen LogP contribution in [0.1, 0.15) is 25.8 Å². The van der Waals surface area contributed by atoms with E-state index in [1.165, 1.54) is 21.3 Å². The summed E-state index contributed by atoms with van der Waals surface area (Å²) < 4.78 is 15.8. The van der Waals surface area contributed by atoms with Gasteiger partial charge in [-0.3, -0.25) is 9.59 Å². The van der Waals surface area contributed by atoms with Gasteiger partial charge in [0.25, 0.3) is 0 Å². The minimum Gasteiger partial charge on any atom is -0.493 e. The van der Waals surface area contributed by atoms with Gasteiger partial charge in [0.1, 0.15) is 6.10 Å².